The van der Waals surface area contributed by atoms with Gasteiger partial charge in [0.2, 0.25) is 0 Å². The van der Waals surface area contributed by atoms with Gasteiger partial charge in [0.1, 0.15) is 34.9 Å². The van der Waals surface area contributed by atoms with Gasteiger partial charge in [0, 0.05) is 11.8 Å². The van der Waals surface area contributed by atoms with Crippen molar-refractivity contribution in [1.82, 2.24) is 14.5 Å². The maximum atomic E-state index is 13.6. The van der Waals surface area contributed by atoms with Crippen molar-refractivity contribution in [2.75, 3.05) is 0 Å². The van der Waals surface area contributed by atoms with Gasteiger partial charge in [0.05, 0.1) is 5.39 Å². The van der Waals surface area contributed by atoms with Crippen LogP contribution < -0.4 is 0 Å². The average molecular weight is 398 g/mol. The lowest BCUT2D eigenvalue weighted by Gasteiger charge is -2.27. The number of aromatic nitrogens is 3. The summed E-state index contributed by atoms with van der Waals surface area (Å²) >= 11 is 6.09. The fourth-order valence-electron chi connectivity index (χ4n) is 4.67. The maximum absolute atomic E-state index is 13.6. The summed E-state index contributed by atoms with van der Waals surface area (Å²) in [7, 11) is 0. The maximum Gasteiger partial charge on any atom is 0.266 e. The van der Waals surface area contributed by atoms with Gasteiger partial charge in [0.15, 0.2) is 12.0 Å². The van der Waals surface area contributed by atoms with Gasteiger partial charge in [-0.05, 0) is 32.3 Å². The van der Waals surface area contributed by atoms with E-state index in [0.717, 1.165) is 12.0 Å². The number of hydrogen-bond acceptors (Lipinski definition) is 5. The molecule has 0 radical (unpaired) electrons. The topological polar surface area (TPSA) is 58.4 Å². The number of nitrogens with zero attached hydrogens (tertiary/aromatic N) is 3. The van der Waals surface area contributed by atoms with Gasteiger partial charge in [-0.1, -0.05) is 18.2 Å². The third-order valence-electron chi connectivity index (χ3n) is 5.62. The van der Waals surface area contributed by atoms with E-state index in [4.69, 9.17) is 25.8 Å². The first kappa shape index (κ1) is 17.5. The van der Waals surface area contributed by atoms with E-state index >= 15 is 0 Å². The van der Waals surface area contributed by atoms with Crippen LogP contribution in [-0.4, -0.2) is 38.1 Å². The normalized spacial score (nSPS) is 34.6. The molecule has 144 valence electrons. The molecule has 1 saturated carbocycles. The van der Waals surface area contributed by atoms with Crippen molar-refractivity contribution in [3.63, 3.8) is 0 Å². The Kier molecular flexibility index (Phi) is 3.54. The van der Waals surface area contributed by atoms with Crippen LogP contribution in [0.3, 0.4) is 0 Å². The Morgan fingerprint density at radius 1 is 1.37 bits per heavy atom. The Bertz CT molecular complexity index is 963. The summed E-state index contributed by atoms with van der Waals surface area (Å²) in [6, 6.07) is 0. The Morgan fingerprint density at radius 2 is 2.15 bits per heavy atom. The number of alkyl halides is 2. The second-order valence-electron chi connectivity index (χ2n) is 7.72. The highest BCUT2D eigenvalue weighted by Crippen LogP contribution is 2.58. The first-order chi connectivity index (χ1) is 12.7. The highest BCUT2D eigenvalue weighted by atomic mass is 35.5. The van der Waals surface area contributed by atoms with Crippen LogP contribution in [0.4, 0.5) is 8.78 Å². The van der Waals surface area contributed by atoms with Crippen LogP contribution in [0.1, 0.15) is 44.9 Å². The molecule has 6 nitrogen and oxygen atoms in total. The van der Waals surface area contributed by atoms with Gasteiger partial charge in [0.25, 0.3) is 6.43 Å². The molecule has 9 heteroatoms. The molecule has 0 amide bonds. The molecule has 3 aliphatic rings. The van der Waals surface area contributed by atoms with E-state index in [2.05, 4.69) is 16.5 Å². The lowest BCUT2D eigenvalue weighted by Crippen LogP contribution is -2.42. The molecule has 2 aromatic heterocycles. The van der Waals surface area contributed by atoms with Crippen molar-refractivity contribution in [1.29, 1.82) is 0 Å². The molecule has 0 unspecified atom stereocenters. The predicted octanol–water partition coefficient (Wildman–Crippen LogP) is 4.16. The Morgan fingerprint density at radius 3 is 2.89 bits per heavy atom. The summed E-state index contributed by atoms with van der Waals surface area (Å²) < 4.78 is 47.5. The minimum absolute atomic E-state index is 0.0183. The van der Waals surface area contributed by atoms with Crippen LogP contribution >= 0.6 is 11.6 Å². The van der Waals surface area contributed by atoms with Gasteiger partial charge in [-0.25, -0.2) is 18.7 Å². The summed E-state index contributed by atoms with van der Waals surface area (Å²) in [5, 5.41) is 0.108. The fourth-order valence-corrected chi connectivity index (χ4v) is 4.91. The van der Waals surface area contributed by atoms with Gasteiger partial charge >= 0.3 is 0 Å². The zero-order valence-electron chi connectivity index (χ0n) is 14.8. The number of hydrogen-bond donors (Lipinski definition) is 0. The Labute approximate surface area is 159 Å². The van der Waals surface area contributed by atoms with Crippen molar-refractivity contribution >= 4 is 22.6 Å². The number of halogens is 3. The van der Waals surface area contributed by atoms with Crippen LogP contribution in [0, 0.1) is 0 Å². The average Bonchev–Trinajstić information content (AvgIpc) is 3.25. The van der Waals surface area contributed by atoms with Crippen LogP contribution in [-0.2, 0) is 14.2 Å². The second kappa shape index (κ2) is 5.47. The molecule has 0 bridgehead atoms. The molecule has 4 atom stereocenters. The lowest BCUT2D eigenvalue weighted by molar-refractivity contribution is -0.204. The number of ether oxygens (including phenoxy) is 3. The van der Waals surface area contributed by atoms with E-state index in [1.54, 1.807) is 4.57 Å². The third-order valence-corrected chi connectivity index (χ3v) is 5.90. The highest BCUT2D eigenvalue weighted by molar-refractivity contribution is 6.34. The molecule has 5 rings (SSSR count). The van der Waals surface area contributed by atoms with Gasteiger partial charge < -0.3 is 18.8 Å². The van der Waals surface area contributed by atoms with E-state index in [0.29, 0.717) is 6.42 Å². The lowest BCUT2D eigenvalue weighted by atomic mass is 9.94. The first-order valence-corrected chi connectivity index (χ1v) is 9.11. The number of rotatable bonds is 2. The van der Waals surface area contributed by atoms with Crippen molar-refractivity contribution in [3.8, 4) is 0 Å². The van der Waals surface area contributed by atoms with Crippen LogP contribution in [0.5, 0.6) is 0 Å². The Hall–Kier alpha value is -1.61. The third kappa shape index (κ3) is 2.27. The molecule has 2 aliphatic heterocycles. The van der Waals surface area contributed by atoms with Crippen molar-refractivity contribution in [2.45, 2.75) is 62.9 Å². The summed E-state index contributed by atoms with van der Waals surface area (Å²) in [6.45, 7) is 7.78. The first-order valence-electron chi connectivity index (χ1n) is 8.74. The van der Waals surface area contributed by atoms with Crippen molar-refractivity contribution < 1.29 is 23.0 Å². The minimum atomic E-state index is -2.72. The van der Waals surface area contributed by atoms with Crippen LogP contribution in [0.2, 0.25) is 5.15 Å². The summed E-state index contributed by atoms with van der Waals surface area (Å²) in [6.07, 6.45) is -0.197. The molecular weight excluding hydrogens is 380 g/mol. The van der Waals surface area contributed by atoms with E-state index in [9.17, 15) is 8.78 Å². The minimum Gasteiger partial charge on any atom is -0.344 e. The number of fused-ring (bicyclic) bond motifs is 1. The van der Waals surface area contributed by atoms with Crippen molar-refractivity contribution in [2.24, 2.45) is 0 Å². The summed E-state index contributed by atoms with van der Waals surface area (Å²) in [5.74, 6) is -0.809. The predicted molar refractivity (Wildman–Crippen MR) is 92.5 cm³/mol. The quantitative estimate of drug-likeness (QED) is 0.562. The smallest absolute Gasteiger partial charge is 0.266 e. The zero-order valence-corrected chi connectivity index (χ0v) is 15.5. The second-order valence-corrected chi connectivity index (χ2v) is 8.07. The zero-order chi connectivity index (χ0) is 19.1. The summed E-state index contributed by atoms with van der Waals surface area (Å²) in [4.78, 5) is 8.03. The van der Waals surface area contributed by atoms with Crippen molar-refractivity contribution in [3.05, 3.63) is 35.4 Å². The van der Waals surface area contributed by atoms with E-state index in [1.807, 2.05) is 13.8 Å². The molecule has 0 aromatic carbocycles. The molecular formula is C18H18ClF2N3O3. The van der Waals surface area contributed by atoms with E-state index in [-0.39, 0.29) is 27.9 Å². The molecule has 1 aliphatic carbocycles. The van der Waals surface area contributed by atoms with E-state index < -0.39 is 30.1 Å². The van der Waals surface area contributed by atoms with E-state index in [1.165, 1.54) is 12.5 Å². The van der Waals surface area contributed by atoms with Gasteiger partial charge in [-0.2, -0.15) is 0 Å². The molecule has 4 heterocycles. The van der Waals surface area contributed by atoms with Crippen LogP contribution in [0.25, 0.3) is 11.0 Å². The summed E-state index contributed by atoms with van der Waals surface area (Å²) in [5.41, 5.74) is 0.289. The molecule has 2 aromatic rings. The van der Waals surface area contributed by atoms with Gasteiger partial charge in [-0.15, -0.1) is 0 Å². The Balaban J connectivity index is 1.68. The standard InChI is InChI=1S/C18H18ClF2N3O3/c1-8-4-5-18-11(8)25-16(12(18)26-17(2,3)27-18)24-6-9(14(20)21)10-13(19)22-7-23-15(10)24/h6-7,11-12,14,16H,1,4-5H2,2-3H3/t11-,12+,16-,18-/m1/s1. The fraction of sp³-hybridized carbons (Fsp3) is 0.556. The molecule has 27 heavy (non-hydrogen) atoms. The largest absolute Gasteiger partial charge is 0.344 e. The monoisotopic (exact) mass is 397 g/mol. The van der Waals surface area contributed by atoms with Crippen LogP contribution in [0.15, 0.2) is 24.7 Å². The van der Waals surface area contributed by atoms with Gasteiger partial charge in [-0.3, -0.25) is 0 Å². The SMILES string of the molecule is C=C1CC[C@]23OC(C)(C)O[C@H]2[C@H](n2cc(C(F)F)c4c(Cl)ncnc42)O[C@H]13. The molecule has 1 spiro atoms. The molecule has 0 N–H and O–H groups in total. The molecule has 3 fully saturated rings. The molecule has 2 saturated heterocycles. The highest BCUT2D eigenvalue weighted by Gasteiger charge is 2.69.